The van der Waals surface area contributed by atoms with Gasteiger partial charge in [-0.15, -0.1) is 0 Å². The molecule has 1 atom stereocenters. The van der Waals surface area contributed by atoms with Crippen molar-refractivity contribution in [2.24, 2.45) is 0 Å². The molecular weight excluding hydrogens is 411 g/mol. The van der Waals surface area contributed by atoms with Gasteiger partial charge >= 0.3 is 0 Å². The summed E-state index contributed by atoms with van der Waals surface area (Å²) in [4.78, 5) is 19.0. The molecule has 1 amide bonds. The van der Waals surface area contributed by atoms with Gasteiger partial charge in [0, 0.05) is 37.5 Å². The second-order valence-corrected chi connectivity index (χ2v) is 7.62. The molecule has 0 unspecified atom stereocenters. The number of benzene rings is 2. The third kappa shape index (κ3) is 5.42. The summed E-state index contributed by atoms with van der Waals surface area (Å²) < 4.78 is 30.6. The minimum absolute atomic E-state index is 0.00591. The molecule has 1 saturated heterocycles. The first kappa shape index (κ1) is 21.8. The number of carbonyl (C=O) groups excluding carboxylic acids is 1. The Hall–Kier alpha value is -3.45. The lowest BCUT2D eigenvalue weighted by Gasteiger charge is -2.24. The topological polar surface area (TPSA) is 60.9 Å². The van der Waals surface area contributed by atoms with E-state index in [4.69, 9.17) is 14.2 Å². The minimum atomic E-state index is -0.448. The molecule has 3 aromatic rings. The van der Waals surface area contributed by atoms with Gasteiger partial charge in [-0.1, -0.05) is 18.2 Å². The second-order valence-electron chi connectivity index (χ2n) is 7.62. The van der Waals surface area contributed by atoms with E-state index in [2.05, 4.69) is 4.98 Å². The quantitative estimate of drug-likeness (QED) is 0.529. The molecule has 166 valence electrons. The Balaban J connectivity index is 1.57. The van der Waals surface area contributed by atoms with Gasteiger partial charge < -0.3 is 19.1 Å². The number of pyridine rings is 1. The molecular formula is C25H25FN2O4. The summed E-state index contributed by atoms with van der Waals surface area (Å²) in [6.07, 6.45) is 4.24. The van der Waals surface area contributed by atoms with Crippen molar-refractivity contribution in [2.75, 3.05) is 20.3 Å². The van der Waals surface area contributed by atoms with Crippen molar-refractivity contribution >= 4 is 5.91 Å². The summed E-state index contributed by atoms with van der Waals surface area (Å²) in [6, 6.07) is 15.1. The number of methoxy groups -OCH3 is 1. The number of aromatic nitrogens is 1. The first-order valence-electron chi connectivity index (χ1n) is 10.5. The number of hydrogen-bond donors (Lipinski definition) is 0. The molecule has 0 N–H and O–H groups in total. The highest BCUT2D eigenvalue weighted by Crippen LogP contribution is 2.31. The molecule has 1 aromatic heterocycles. The summed E-state index contributed by atoms with van der Waals surface area (Å²) in [5.74, 6) is 0.517. The highest BCUT2D eigenvalue weighted by atomic mass is 19.1. The van der Waals surface area contributed by atoms with Crippen LogP contribution in [0.5, 0.6) is 11.5 Å². The van der Waals surface area contributed by atoms with Gasteiger partial charge in [-0.2, -0.15) is 0 Å². The maximum Gasteiger partial charge on any atom is 0.254 e. The number of hydrogen-bond acceptors (Lipinski definition) is 5. The van der Waals surface area contributed by atoms with Gasteiger partial charge in [0.15, 0.2) is 11.5 Å². The molecule has 2 heterocycles. The fourth-order valence-corrected chi connectivity index (χ4v) is 3.63. The van der Waals surface area contributed by atoms with Crippen LogP contribution >= 0.6 is 0 Å². The molecule has 0 bridgehead atoms. The zero-order chi connectivity index (χ0) is 22.3. The van der Waals surface area contributed by atoms with E-state index in [0.717, 1.165) is 17.5 Å². The van der Waals surface area contributed by atoms with Crippen LogP contribution in [0.2, 0.25) is 0 Å². The summed E-state index contributed by atoms with van der Waals surface area (Å²) in [5.41, 5.74) is 2.04. The van der Waals surface area contributed by atoms with E-state index in [1.807, 2.05) is 30.3 Å². The molecule has 32 heavy (non-hydrogen) atoms. The van der Waals surface area contributed by atoms with Crippen molar-refractivity contribution in [3.05, 3.63) is 89.5 Å². The molecule has 6 nitrogen and oxygen atoms in total. The van der Waals surface area contributed by atoms with Crippen molar-refractivity contribution in [1.82, 2.24) is 9.88 Å². The average Bonchev–Trinajstić information content (AvgIpc) is 3.33. The molecule has 0 spiro atoms. The van der Waals surface area contributed by atoms with E-state index >= 15 is 0 Å². The molecule has 0 radical (unpaired) electrons. The number of rotatable bonds is 8. The maximum absolute atomic E-state index is 13.7. The van der Waals surface area contributed by atoms with Crippen LogP contribution in [0, 0.1) is 5.82 Å². The van der Waals surface area contributed by atoms with Crippen molar-refractivity contribution in [1.29, 1.82) is 0 Å². The Morgan fingerprint density at radius 2 is 2.00 bits per heavy atom. The van der Waals surface area contributed by atoms with Crippen LogP contribution in [0.15, 0.2) is 67.0 Å². The second kappa shape index (κ2) is 10.2. The van der Waals surface area contributed by atoms with Crippen LogP contribution < -0.4 is 9.47 Å². The molecule has 0 saturated carbocycles. The summed E-state index contributed by atoms with van der Waals surface area (Å²) in [7, 11) is 1.59. The minimum Gasteiger partial charge on any atom is -0.493 e. The van der Waals surface area contributed by atoms with Gasteiger partial charge in [-0.05, 0) is 47.5 Å². The van der Waals surface area contributed by atoms with Crippen molar-refractivity contribution in [2.45, 2.75) is 25.6 Å². The molecule has 1 aliphatic heterocycles. The monoisotopic (exact) mass is 436 g/mol. The first-order chi connectivity index (χ1) is 15.6. The van der Waals surface area contributed by atoms with Gasteiger partial charge in [0.05, 0.1) is 20.3 Å². The number of carbonyl (C=O) groups is 1. The fraction of sp³-hybridized carbons (Fsp3) is 0.280. The molecule has 2 aromatic carbocycles. The highest BCUT2D eigenvalue weighted by Gasteiger charge is 2.21. The summed E-state index contributed by atoms with van der Waals surface area (Å²) >= 11 is 0. The van der Waals surface area contributed by atoms with Crippen LogP contribution in [0.25, 0.3) is 0 Å². The molecule has 7 heteroatoms. The van der Waals surface area contributed by atoms with E-state index in [1.165, 1.54) is 18.2 Å². The number of nitrogens with zero attached hydrogens (tertiary/aromatic N) is 2. The lowest BCUT2D eigenvalue weighted by molar-refractivity contribution is 0.0729. The van der Waals surface area contributed by atoms with Crippen molar-refractivity contribution < 1.29 is 23.4 Å². The van der Waals surface area contributed by atoms with Crippen LogP contribution in [0.1, 0.15) is 27.9 Å². The average molecular weight is 436 g/mol. The van der Waals surface area contributed by atoms with Gasteiger partial charge in [0.1, 0.15) is 11.9 Å². The zero-order valence-electron chi connectivity index (χ0n) is 17.9. The van der Waals surface area contributed by atoms with Gasteiger partial charge in [-0.25, -0.2) is 4.39 Å². The van der Waals surface area contributed by atoms with Gasteiger partial charge in [0.25, 0.3) is 5.91 Å². The predicted octanol–water partition coefficient (Wildman–Crippen LogP) is 4.24. The van der Waals surface area contributed by atoms with E-state index in [9.17, 15) is 9.18 Å². The maximum atomic E-state index is 13.7. The molecule has 1 fully saturated rings. The van der Waals surface area contributed by atoms with Crippen molar-refractivity contribution in [3.8, 4) is 11.5 Å². The smallest absolute Gasteiger partial charge is 0.254 e. The largest absolute Gasteiger partial charge is 0.493 e. The van der Waals surface area contributed by atoms with Gasteiger partial charge in [-0.3, -0.25) is 9.78 Å². The Labute approximate surface area is 186 Å². The predicted molar refractivity (Wildman–Crippen MR) is 117 cm³/mol. The Morgan fingerprint density at radius 3 is 2.72 bits per heavy atom. The Kier molecular flexibility index (Phi) is 6.97. The van der Waals surface area contributed by atoms with Crippen molar-refractivity contribution in [3.63, 3.8) is 0 Å². The molecule has 4 rings (SSSR count). The van der Waals surface area contributed by atoms with E-state index in [-0.39, 0.29) is 12.0 Å². The molecule has 1 aliphatic rings. The Morgan fingerprint density at radius 1 is 1.12 bits per heavy atom. The lowest BCUT2D eigenvalue weighted by Crippen LogP contribution is -2.30. The van der Waals surface area contributed by atoms with E-state index < -0.39 is 5.82 Å². The zero-order valence-corrected chi connectivity index (χ0v) is 17.9. The Bertz CT molecular complexity index is 1050. The SMILES string of the molecule is COc1cc(CN(Cc2cccnc2)C(=O)c2cccc(F)c2)ccc1O[C@H]1CCOC1. The fourth-order valence-electron chi connectivity index (χ4n) is 3.63. The van der Waals surface area contributed by atoms with E-state index in [0.29, 0.717) is 43.4 Å². The van der Waals surface area contributed by atoms with Crippen LogP contribution in [0.4, 0.5) is 4.39 Å². The van der Waals surface area contributed by atoms with E-state index in [1.54, 1.807) is 30.5 Å². The number of amides is 1. The van der Waals surface area contributed by atoms with Crippen LogP contribution in [-0.2, 0) is 17.8 Å². The number of ether oxygens (including phenoxy) is 3. The highest BCUT2D eigenvalue weighted by molar-refractivity contribution is 5.94. The van der Waals surface area contributed by atoms with Crippen LogP contribution in [-0.4, -0.2) is 42.2 Å². The normalized spacial score (nSPS) is 15.4. The molecule has 0 aliphatic carbocycles. The third-order valence-electron chi connectivity index (χ3n) is 5.24. The first-order valence-corrected chi connectivity index (χ1v) is 10.5. The third-order valence-corrected chi connectivity index (χ3v) is 5.24. The van der Waals surface area contributed by atoms with Crippen LogP contribution in [0.3, 0.4) is 0 Å². The van der Waals surface area contributed by atoms with Gasteiger partial charge in [0.2, 0.25) is 0 Å². The standard InChI is InChI=1S/C25H25FN2O4/c1-30-24-12-18(7-8-23(24)32-22-9-11-31-17-22)15-28(16-19-4-3-10-27-14-19)25(29)20-5-2-6-21(26)13-20/h2-8,10,12-14,22H,9,11,15-17H2,1H3/t22-/m0/s1. The number of halogens is 1. The lowest BCUT2D eigenvalue weighted by atomic mass is 10.1. The summed E-state index contributed by atoms with van der Waals surface area (Å²) in [5, 5.41) is 0. The summed E-state index contributed by atoms with van der Waals surface area (Å²) in [6.45, 7) is 1.90.